The molecule has 0 aliphatic heterocycles. The summed E-state index contributed by atoms with van der Waals surface area (Å²) in [4.78, 5) is 49.0. The molecule has 1 fully saturated rings. The van der Waals surface area contributed by atoms with Gasteiger partial charge in [-0.25, -0.2) is 6.57 Å². The SMILES string of the molecule is CC(=O)CCCC[P+](c1ccccc1)(c1ccccc1)c1ccccc1.CC(=O)c1ccc[nH]c1=O.[Br-].[C-]#[N+]C1(C(C)=O)CC1. The van der Waals surface area contributed by atoms with E-state index in [0.29, 0.717) is 6.42 Å². The van der Waals surface area contributed by atoms with Gasteiger partial charge in [0.25, 0.3) is 11.1 Å². The highest BCUT2D eigenvalue weighted by atomic mass is 79.9. The maximum atomic E-state index is 11.4. The van der Waals surface area contributed by atoms with Crippen LogP contribution in [0.2, 0.25) is 0 Å². The van der Waals surface area contributed by atoms with Gasteiger partial charge in [-0.2, -0.15) is 0 Å². The maximum absolute atomic E-state index is 11.4. The number of aromatic amines is 1. The van der Waals surface area contributed by atoms with Crippen LogP contribution >= 0.6 is 7.26 Å². The molecule has 0 unspecified atom stereocenters. The third kappa shape index (κ3) is 10.3. The van der Waals surface area contributed by atoms with Crippen LogP contribution in [0.5, 0.6) is 0 Å². The summed E-state index contributed by atoms with van der Waals surface area (Å²) in [5.41, 5.74) is -0.669. The van der Waals surface area contributed by atoms with Crippen LogP contribution in [0, 0.1) is 6.57 Å². The van der Waals surface area contributed by atoms with Gasteiger partial charge in [-0.15, -0.1) is 0 Å². The standard InChI is InChI=1S/C24H26OP.C7H7NO2.C6H7NO.BrH/c1-21(25)13-11-12-20-26(22-14-5-2-6-15-22,23-16-7-3-8-17-23)24-18-9-4-10-19-24;1-5(9)6-3-2-4-8-7(6)10;1-5(8)6(7-2)3-4-6;/h2-10,14-19H,11-13,20H2,1H3;2-4H,1H3,(H,8,10);3-4H2,1H3;1H/q+1;;;/p-1. The van der Waals surface area contributed by atoms with Crippen molar-refractivity contribution in [3.05, 3.63) is 137 Å². The van der Waals surface area contributed by atoms with Gasteiger partial charge in [0, 0.05) is 32.4 Å². The van der Waals surface area contributed by atoms with E-state index < -0.39 is 12.8 Å². The lowest BCUT2D eigenvalue weighted by Gasteiger charge is -2.27. The summed E-state index contributed by atoms with van der Waals surface area (Å²) in [7, 11) is -1.72. The average Bonchev–Trinajstić information content (AvgIpc) is 3.85. The molecule has 6 nitrogen and oxygen atoms in total. The number of nitrogens with one attached hydrogen (secondary N) is 1. The molecule has 3 aromatic carbocycles. The van der Waals surface area contributed by atoms with Crippen molar-refractivity contribution < 1.29 is 31.4 Å². The predicted molar refractivity (Wildman–Crippen MR) is 181 cm³/mol. The van der Waals surface area contributed by atoms with Crippen molar-refractivity contribution >= 4 is 40.5 Å². The Morgan fingerprint density at radius 2 is 1.22 bits per heavy atom. The Morgan fingerprint density at radius 1 is 0.756 bits per heavy atom. The van der Waals surface area contributed by atoms with Crippen molar-refractivity contribution in [2.24, 2.45) is 0 Å². The highest BCUT2D eigenvalue weighted by molar-refractivity contribution is 7.95. The first-order valence-electron chi connectivity index (χ1n) is 14.8. The summed E-state index contributed by atoms with van der Waals surface area (Å²) in [6.07, 6.45) is 6.86. The molecule has 4 aromatic rings. The number of hydrogen-bond donors (Lipinski definition) is 1. The summed E-state index contributed by atoms with van der Waals surface area (Å²) >= 11 is 0. The van der Waals surface area contributed by atoms with E-state index in [1.165, 1.54) is 42.0 Å². The second kappa shape index (κ2) is 18.1. The minimum absolute atomic E-state index is 0. The number of benzene rings is 3. The monoisotopic (exact) mass is 686 g/mol. The smallest absolute Gasteiger partial charge is 0.289 e. The predicted octanol–water partition coefficient (Wildman–Crippen LogP) is 3.35. The number of aromatic nitrogens is 1. The highest BCUT2D eigenvalue weighted by Crippen LogP contribution is 2.55. The Bertz CT molecular complexity index is 1530. The van der Waals surface area contributed by atoms with E-state index in [1.54, 1.807) is 13.0 Å². The molecule has 0 bridgehead atoms. The number of nitrogens with zero attached hydrogens (tertiary/aromatic N) is 1. The summed E-state index contributed by atoms with van der Waals surface area (Å²) in [6.45, 7) is 11.1. The molecule has 1 aromatic heterocycles. The largest absolute Gasteiger partial charge is 1.00 e. The lowest BCUT2D eigenvalue weighted by atomic mass is 10.2. The molecule has 1 N–H and O–H groups in total. The van der Waals surface area contributed by atoms with E-state index in [1.807, 2.05) is 0 Å². The zero-order chi connectivity index (χ0) is 32.0. The van der Waals surface area contributed by atoms with Gasteiger partial charge in [0.2, 0.25) is 5.78 Å². The van der Waals surface area contributed by atoms with E-state index in [-0.39, 0.29) is 45.5 Å². The van der Waals surface area contributed by atoms with E-state index in [9.17, 15) is 19.2 Å². The Labute approximate surface area is 277 Å². The van der Waals surface area contributed by atoms with E-state index >= 15 is 0 Å². The van der Waals surface area contributed by atoms with Gasteiger partial charge in [0.05, 0.1) is 11.7 Å². The molecular formula is C37H40BrN2O4P. The molecule has 0 spiro atoms. The van der Waals surface area contributed by atoms with Crippen molar-refractivity contribution in [2.45, 2.75) is 58.4 Å². The van der Waals surface area contributed by atoms with E-state index in [2.05, 4.69) is 101 Å². The second-order valence-corrected chi connectivity index (χ2v) is 14.5. The molecule has 0 saturated heterocycles. The number of carbonyl (C=O) groups excluding carboxylic acids is 3. The Morgan fingerprint density at radius 3 is 1.51 bits per heavy atom. The normalized spacial score (nSPS) is 12.4. The van der Waals surface area contributed by atoms with Gasteiger partial charge in [-0.3, -0.25) is 14.4 Å². The maximum Gasteiger partial charge on any atom is 0.289 e. The summed E-state index contributed by atoms with van der Waals surface area (Å²) in [5, 5.41) is 4.25. The summed E-state index contributed by atoms with van der Waals surface area (Å²) < 4.78 is 0. The topological polar surface area (TPSA) is 88.4 Å². The molecule has 0 radical (unpaired) electrons. The molecule has 0 amide bonds. The Hall–Kier alpha value is -3.98. The molecule has 1 aliphatic carbocycles. The van der Waals surface area contributed by atoms with Crippen LogP contribution in [0.3, 0.4) is 0 Å². The number of hydrogen-bond acceptors (Lipinski definition) is 4. The zero-order valence-corrected chi connectivity index (χ0v) is 28.5. The van der Waals surface area contributed by atoms with Gasteiger partial charge in [0.1, 0.15) is 29.0 Å². The lowest BCUT2D eigenvalue weighted by molar-refractivity contribution is -0.118. The molecule has 234 valence electrons. The molecule has 5 rings (SSSR count). The molecule has 8 heteroatoms. The van der Waals surface area contributed by atoms with Gasteiger partial charge < -0.3 is 31.6 Å². The van der Waals surface area contributed by atoms with Gasteiger partial charge in [0.15, 0.2) is 5.78 Å². The van der Waals surface area contributed by atoms with Gasteiger partial charge in [-0.05, 0) is 75.2 Å². The number of Topliss-reactive ketones (excluding diaryl/α,β-unsaturated/α-hetero) is 3. The van der Waals surface area contributed by atoms with Crippen LogP contribution in [0.1, 0.15) is 63.2 Å². The number of rotatable bonds is 10. The van der Waals surface area contributed by atoms with Crippen LogP contribution in [0.25, 0.3) is 4.85 Å². The number of pyridine rings is 1. The fourth-order valence-electron chi connectivity index (χ4n) is 4.96. The van der Waals surface area contributed by atoms with Crippen LogP contribution < -0.4 is 38.5 Å². The van der Waals surface area contributed by atoms with Crippen LogP contribution in [-0.2, 0) is 9.59 Å². The second-order valence-electron chi connectivity index (χ2n) is 10.9. The van der Waals surface area contributed by atoms with Crippen molar-refractivity contribution in [3.8, 4) is 0 Å². The zero-order valence-electron chi connectivity index (χ0n) is 26.0. The molecular weight excluding hydrogens is 647 g/mol. The molecule has 1 saturated carbocycles. The third-order valence-corrected chi connectivity index (χ3v) is 12.2. The van der Waals surface area contributed by atoms with Crippen molar-refractivity contribution in [1.29, 1.82) is 0 Å². The third-order valence-electron chi connectivity index (χ3n) is 7.65. The first kappa shape index (κ1) is 37.2. The van der Waals surface area contributed by atoms with Crippen molar-refractivity contribution in [1.82, 2.24) is 4.98 Å². The number of H-pyrrole nitrogens is 1. The van der Waals surface area contributed by atoms with E-state index in [0.717, 1.165) is 31.8 Å². The van der Waals surface area contributed by atoms with Crippen LogP contribution in [0.15, 0.2) is 114 Å². The van der Waals surface area contributed by atoms with E-state index in [4.69, 9.17) is 6.57 Å². The number of ketones is 3. The molecule has 45 heavy (non-hydrogen) atoms. The minimum Gasteiger partial charge on any atom is -1.00 e. The lowest BCUT2D eigenvalue weighted by Crippen LogP contribution is -3.00. The number of carbonyl (C=O) groups is 3. The molecule has 1 heterocycles. The fourth-order valence-corrected chi connectivity index (χ4v) is 9.37. The van der Waals surface area contributed by atoms with Crippen molar-refractivity contribution in [3.63, 3.8) is 0 Å². The van der Waals surface area contributed by atoms with Gasteiger partial charge in [-0.1, -0.05) is 54.6 Å². The fraction of sp³-hybridized carbons (Fsp3) is 0.270. The Kier molecular flexibility index (Phi) is 15.0. The van der Waals surface area contributed by atoms with Crippen LogP contribution in [-0.4, -0.2) is 34.0 Å². The van der Waals surface area contributed by atoms with Gasteiger partial charge >= 0.3 is 0 Å². The van der Waals surface area contributed by atoms with Crippen LogP contribution in [0.4, 0.5) is 0 Å². The number of halogens is 1. The minimum atomic E-state index is -1.72. The Balaban J connectivity index is 0.000000303. The first-order valence-corrected chi connectivity index (χ1v) is 16.8. The molecule has 1 aliphatic rings. The summed E-state index contributed by atoms with van der Waals surface area (Å²) in [6, 6.07) is 35.9. The van der Waals surface area contributed by atoms with Crippen molar-refractivity contribution in [2.75, 3.05) is 6.16 Å². The molecule has 0 atom stereocenters. The summed E-state index contributed by atoms with van der Waals surface area (Å²) in [5.74, 6) is 0.113. The number of unbranched alkanes of at least 4 members (excludes halogenated alkanes) is 1. The highest BCUT2D eigenvalue weighted by Gasteiger charge is 2.55. The quantitative estimate of drug-likeness (QED) is 0.120. The first-order chi connectivity index (χ1) is 21.2. The average molecular weight is 688 g/mol.